The molecule has 12 heteroatoms. The lowest BCUT2D eigenvalue weighted by molar-refractivity contribution is -0.354. The van der Waals surface area contributed by atoms with Crippen LogP contribution in [0.1, 0.15) is 72.5 Å². The minimum absolute atomic E-state index is 0.0548. The summed E-state index contributed by atoms with van der Waals surface area (Å²) in [7, 11) is 1.21. The highest BCUT2D eigenvalue weighted by Gasteiger charge is 2.83. The number of hydrogen-bond acceptors (Lipinski definition) is 12. The second-order valence-corrected chi connectivity index (χ2v) is 13.2. The molecule has 2 bridgehead atoms. The standard InChI is InChI=1S/C31H38O12/c1-15-30-13-22(36)42-24(18-9-10-39-14-18)28(30,6)12-20(34)31(15,37)29(7)19(11-21(35)38-8)27(4,5)25(41-17(3)33)23(26(29)43-30)40-16(2)32/h9-10,14,19,23-26,37H,1,11-13H2,2-8H3/t19-,23-,24-,25+,26-,28-,29+,30-,31-/m0/s1. The van der Waals surface area contributed by atoms with E-state index in [2.05, 4.69) is 6.58 Å². The Morgan fingerprint density at radius 2 is 1.72 bits per heavy atom. The van der Waals surface area contributed by atoms with Crippen LogP contribution in [0.3, 0.4) is 0 Å². The summed E-state index contributed by atoms with van der Waals surface area (Å²) in [6.07, 6.45) is -3.12. The molecule has 43 heavy (non-hydrogen) atoms. The van der Waals surface area contributed by atoms with Crippen molar-refractivity contribution in [3.63, 3.8) is 0 Å². The first-order valence-electron chi connectivity index (χ1n) is 14.2. The maximum Gasteiger partial charge on any atom is 0.309 e. The average Bonchev–Trinajstić information content (AvgIpc) is 3.44. The van der Waals surface area contributed by atoms with E-state index < -0.39 is 93.9 Å². The molecule has 2 aliphatic heterocycles. The highest BCUT2D eigenvalue weighted by atomic mass is 16.6. The first-order valence-corrected chi connectivity index (χ1v) is 14.2. The molecular weight excluding hydrogens is 564 g/mol. The molecule has 1 N–H and O–H groups in total. The van der Waals surface area contributed by atoms with E-state index in [0.717, 1.165) is 0 Å². The SMILES string of the molecule is C=C1[C@]2(O)C(=O)C[C@@]3(C)[C@H](c4ccoc4)OC(=O)C[C@]13O[C@H]1[C@@H](OC(C)=O)[C@@H](OC(C)=O)C(C)(C)[C@H](CC(=O)OC)[C@]12C. The zero-order valence-corrected chi connectivity index (χ0v) is 25.4. The van der Waals surface area contributed by atoms with E-state index in [-0.39, 0.29) is 18.4 Å². The van der Waals surface area contributed by atoms with Crippen molar-refractivity contribution in [3.8, 4) is 0 Å². The zero-order chi connectivity index (χ0) is 31.9. The number of methoxy groups -OCH3 is 1. The Hall–Kier alpha value is -3.51. The fourth-order valence-corrected chi connectivity index (χ4v) is 8.66. The third-order valence-electron chi connectivity index (χ3n) is 10.7. The number of carbonyl (C=O) groups excluding carboxylic acids is 5. The topological polar surface area (TPSA) is 165 Å². The molecule has 4 fully saturated rings. The van der Waals surface area contributed by atoms with Crippen LogP contribution in [0.15, 0.2) is 35.2 Å². The first-order chi connectivity index (χ1) is 19.9. The number of cyclic esters (lactones) is 1. The number of aliphatic hydroxyl groups is 1. The minimum Gasteiger partial charge on any atom is -0.472 e. The molecule has 0 unspecified atom stereocenters. The van der Waals surface area contributed by atoms with Crippen molar-refractivity contribution in [2.45, 2.75) is 96.4 Å². The maximum atomic E-state index is 14.5. The van der Waals surface area contributed by atoms with Gasteiger partial charge in [0.25, 0.3) is 0 Å². The van der Waals surface area contributed by atoms with Gasteiger partial charge in [-0.1, -0.05) is 34.3 Å². The van der Waals surface area contributed by atoms with Crippen molar-refractivity contribution in [2.75, 3.05) is 7.11 Å². The zero-order valence-electron chi connectivity index (χ0n) is 25.4. The molecule has 0 radical (unpaired) electrons. The highest BCUT2D eigenvalue weighted by Crippen LogP contribution is 2.72. The Morgan fingerprint density at radius 3 is 2.28 bits per heavy atom. The van der Waals surface area contributed by atoms with Gasteiger partial charge in [-0.3, -0.25) is 24.0 Å². The quantitative estimate of drug-likeness (QED) is 0.298. The maximum absolute atomic E-state index is 14.5. The summed E-state index contributed by atoms with van der Waals surface area (Å²) < 4.78 is 34.7. The van der Waals surface area contributed by atoms with Gasteiger partial charge < -0.3 is 33.2 Å². The fourth-order valence-electron chi connectivity index (χ4n) is 8.66. The lowest BCUT2D eigenvalue weighted by Crippen LogP contribution is -2.84. The van der Waals surface area contributed by atoms with E-state index in [1.54, 1.807) is 33.8 Å². The molecule has 1 aromatic heterocycles. The third-order valence-corrected chi connectivity index (χ3v) is 10.7. The second-order valence-electron chi connectivity index (χ2n) is 13.2. The Kier molecular flexibility index (Phi) is 7.01. The molecule has 0 amide bonds. The van der Waals surface area contributed by atoms with Gasteiger partial charge in [-0.05, 0) is 17.6 Å². The van der Waals surface area contributed by atoms with Gasteiger partial charge in [0.1, 0.15) is 23.9 Å². The minimum atomic E-state index is -2.37. The molecule has 9 atom stereocenters. The highest BCUT2D eigenvalue weighted by molar-refractivity contribution is 5.96. The molecule has 1 spiro atoms. The molecule has 4 aliphatic rings. The number of carbonyl (C=O) groups is 5. The molecule has 12 nitrogen and oxygen atoms in total. The predicted molar refractivity (Wildman–Crippen MR) is 145 cm³/mol. The molecule has 3 heterocycles. The third kappa shape index (κ3) is 3.91. The van der Waals surface area contributed by atoms with Crippen molar-refractivity contribution >= 4 is 29.7 Å². The average molecular weight is 603 g/mol. The van der Waals surface area contributed by atoms with Gasteiger partial charge in [0.15, 0.2) is 17.5 Å². The van der Waals surface area contributed by atoms with E-state index >= 15 is 0 Å². The number of Topliss-reactive ketones (excluding diaryl/α,β-unsaturated/α-hetero) is 1. The van der Waals surface area contributed by atoms with Crippen molar-refractivity contribution < 1.29 is 57.2 Å². The Labute approximate surface area is 249 Å². The van der Waals surface area contributed by atoms with Crippen LogP contribution in [0.25, 0.3) is 0 Å². The Balaban J connectivity index is 1.81. The van der Waals surface area contributed by atoms with Crippen LogP contribution in [-0.2, 0) is 47.7 Å². The summed E-state index contributed by atoms with van der Waals surface area (Å²) >= 11 is 0. The Morgan fingerprint density at radius 1 is 1.07 bits per heavy atom. The number of furan rings is 1. The van der Waals surface area contributed by atoms with E-state index in [4.69, 9.17) is 28.1 Å². The summed E-state index contributed by atoms with van der Waals surface area (Å²) in [4.78, 5) is 65.7. The van der Waals surface area contributed by atoms with Crippen molar-refractivity contribution in [1.29, 1.82) is 0 Å². The van der Waals surface area contributed by atoms with E-state index in [9.17, 15) is 29.1 Å². The molecular formula is C31H38O12. The second kappa shape index (κ2) is 9.75. The van der Waals surface area contributed by atoms with Crippen LogP contribution in [0.4, 0.5) is 0 Å². The molecule has 2 aliphatic carbocycles. The number of hydrogen-bond donors (Lipinski definition) is 1. The fraction of sp³-hybridized carbons (Fsp3) is 0.645. The van der Waals surface area contributed by atoms with E-state index in [0.29, 0.717) is 5.56 Å². The van der Waals surface area contributed by atoms with Crippen molar-refractivity contribution in [2.24, 2.45) is 22.2 Å². The Bertz CT molecular complexity index is 1390. The summed E-state index contributed by atoms with van der Waals surface area (Å²) in [5.41, 5.74) is -7.83. The van der Waals surface area contributed by atoms with Crippen LogP contribution in [-0.4, -0.2) is 71.4 Å². The van der Waals surface area contributed by atoms with Gasteiger partial charge in [-0.25, -0.2) is 0 Å². The summed E-state index contributed by atoms with van der Waals surface area (Å²) in [6.45, 7) is 13.3. The lowest BCUT2D eigenvalue weighted by atomic mass is 9.39. The first kappa shape index (κ1) is 30.9. The molecule has 234 valence electrons. The van der Waals surface area contributed by atoms with Crippen LogP contribution >= 0.6 is 0 Å². The number of ketones is 1. The number of ether oxygens (including phenoxy) is 5. The molecule has 0 aromatic carbocycles. The number of fused-ring (bicyclic) bond motifs is 3. The van der Waals surface area contributed by atoms with Crippen LogP contribution in [0.5, 0.6) is 0 Å². The van der Waals surface area contributed by atoms with Gasteiger partial charge in [0, 0.05) is 48.5 Å². The lowest BCUT2D eigenvalue weighted by Gasteiger charge is -2.73. The smallest absolute Gasteiger partial charge is 0.309 e. The van der Waals surface area contributed by atoms with Gasteiger partial charge >= 0.3 is 23.9 Å². The molecule has 2 saturated carbocycles. The summed E-state index contributed by atoms with van der Waals surface area (Å²) in [6, 6.07) is 1.61. The molecule has 5 rings (SSSR count). The normalized spacial score (nSPS) is 41.3. The van der Waals surface area contributed by atoms with Gasteiger partial charge in [-0.15, -0.1) is 0 Å². The van der Waals surface area contributed by atoms with Crippen molar-refractivity contribution in [3.05, 3.63) is 36.3 Å². The molecule has 2 saturated heterocycles. The largest absolute Gasteiger partial charge is 0.472 e. The van der Waals surface area contributed by atoms with E-state index in [1.807, 2.05) is 0 Å². The predicted octanol–water partition coefficient (Wildman–Crippen LogP) is 2.76. The van der Waals surface area contributed by atoms with E-state index in [1.165, 1.54) is 33.5 Å². The van der Waals surface area contributed by atoms with Gasteiger partial charge in [-0.2, -0.15) is 0 Å². The van der Waals surface area contributed by atoms with Gasteiger partial charge in [0.2, 0.25) is 0 Å². The van der Waals surface area contributed by atoms with Crippen LogP contribution in [0, 0.1) is 22.2 Å². The monoisotopic (exact) mass is 602 g/mol. The van der Waals surface area contributed by atoms with Crippen molar-refractivity contribution in [1.82, 2.24) is 0 Å². The van der Waals surface area contributed by atoms with Gasteiger partial charge in [0.05, 0.1) is 26.1 Å². The summed E-state index contributed by atoms with van der Waals surface area (Å²) in [5.74, 6) is -4.31. The summed E-state index contributed by atoms with van der Waals surface area (Å²) in [5, 5.41) is 12.9. The van der Waals surface area contributed by atoms with Crippen LogP contribution < -0.4 is 0 Å². The molecule has 1 aromatic rings. The number of rotatable bonds is 5. The number of esters is 4. The van der Waals surface area contributed by atoms with Crippen LogP contribution in [0.2, 0.25) is 0 Å².